The molecule has 7 heteroatoms. The molecule has 0 spiro atoms. The van der Waals surface area contributed by atoms with E-state index in [1.165, 1.54) is 36.4 Å². The number of hydrogen-bond acceptors (Lipinski definition) is 5. The van der Waals surface area contributed by atoms with E-state index in [4.69, 9.17) is 4.74 Å². The van der Waals surface area contributed by atoms with Crippen LogP contribution >= 0.6 is 0 Å². The van der Waals surface area contributed by atoms with Gasteiger partial charge in [0.15, 0.2) is 0 Å². The van der Waals surface area contributed by atoms with E-state index in [0.717, 1.165) is 0 Å². The number of hydrogen-bond donors (Lipinski definition) is 0. The quantitative estimate of drug-likeness (QED) is 0.471. The lowest BCUT2D eigenvalue weighted by atomic mass is 10.2. The third kappa shape index (κ3) is 4.41. The lowest BCUT2D eigenvalue weighted by Crippen LogP contribution is -1.96. The minimum Gasteiger partial charge on any atom is -0.443 e. The normalized spacial score (nSPS) is 9.14. The lowest BCUT2D eigenvalue weighted by Gasteiger charge is -2.06. The van der Waals surface area contributed by atoms with Crippen LogP contribution in [-0.4, -0.2) is 9.85 Å². The highest BCUT2D eigenvalue weighted by molar-refractivity contribution is 5.53. The molecule has 0 atom stereocenters. The smallest absolute Gasteiger partial charge is 0.311 e. The fourth-order valence-electron chi connectivity index (χ4n) is 1.51. The van der Waals surface area contributed by atoms with E-state index in [0.29, 0.717) is 0 Å². The number of nitrogens with zero attached hydrogens (tertiary/aromatic N) is 2. The minimum absolute atomic E-state index is 0.0400. The summed E-state index contributed by atoms with van der Waals surface area (Å²) in [6.45, 7) is 5.25. The molecule has 0 bridgehead atoms. The van der Waals surface area contributed by atoms with Gasteiger partial charge in [0.25, 0.3) is 0 Å². The molecular weight excluding hydrogens is 288 g/mol. The van der Waals surface area contributed by atoms with E-state index in [9.17, 15) is 20.2 Å². The number of rotatable bonds is 4. The van der Waals surface area contributed by atoms with E-state index in [1.807, 2.05) is 6.92 Å². The maximum Gasteiger partial charge on any atom is 0.311 e. The van der Waals surface area contributed by atoms with Crippen LogP contribution in [0.15, 0.2) is 61.2 Å². The average Bonchev–Trinajstić information content (AvgIpc) is 2.48. The largest absolute Gasteiger partial charge is 0.443 e. The van der Waals surface area contributed by atoms with Gasteiger partial charge in [-0.25, -0.2) is 0 Å². The molecule has 0 heterocycles. The molecule has 0 radical (unpaired) electrons. The molecule has 114 valence electrons. The molecule has 0 fully saturated rings. The van der Waals surface area contributed by atoms with Crippen molar-refractivity contribution in [3.63, 3.8) is 0 Å². The molecule has 0 aliphatic carbocycles. The molecule has 0 aliphatic rings. The van der Waals surface area contributed by atoms with Crippen molar-refractivity contribution in [2.45, 2.75) is 6.92 Å². The molecule has 0 aliphatic heterocycles. The fraction of sp³-hybridized carbons (Fsp3) is 0.0667. The van der Waals surface area contributed by atoms with Gasteiger partial charge < -0.3 is 4.74 Å². The first-order valence-corrected chi connectivity index (χ1v) is 6.23. The molecule has 0 saturated carbocycles. The van der Waals surface area contributed by atoms with E-state index < -0.39 is 9.85 Å². The number of nitro groups is 2. The van der Waals surface area contributed by atoms with Gasteiger partial charge in [-0.05, 0) is 19.1 Å². The van der Waals surface area contributed by atoms with E-state index in [2.05, 4.69) is 6.58 Å². The Morgan fingerprint density at radius 2 is 1.23 bits per heavy atom. The monoisotopic (exact) mass is 302 g/mol. The van der Waals surface area contributed by atoms with Crippen molar-refractivity contribution < 1.29 is 14.6 Å². The van der Waals surface area contributed by atoms with Crippen LogP contribution in [0.5, 0.6) is 11.5 Å². The Morgan fingerprint density at radius 3 is 1.55 bits per heavy atom. The number of nitro benzene ring substituents is 2. The molecule has 0 saturated heterocycles. The Kier molecular flexibility index (Phi) is 6.24. The van der Waals surface area contributed by atoms with Gasteiger partial charge in [-0.2, -0.15) is 0 Å². The molecule has 2 aromatic carbocycles. The SMILES string of the molecule is C=CC.O=[N+]([O-])c1ccccc1Oc1ccccc1[N+](=O)[O-]. The van der Waals surface area contributed by atoms with Crippen LogP contribution in [-0.2, 0) is 0 Å². The average molecular weight is 302 g/mol. The Balaban J connectivity index is 0.000000745. The molecular formula is C15H14N2O5. The first-order valence-electron chi connectivity index (χ1n) is 6.23. The maximum atomic E-state index is 10.8. The second kappa shape index (κ2) is 8.15. The molecule has 0 amide bonds. The van der Waals surface area contributed by atoms with Crippen LogP contribution in [0.2, 0.25) is 0 Å². The van der Waals surface area contributed by atoms with Crippen LogP contribution in [0.25, 0.3) is 0 Å². The van der Waals surface area contributed by atoms with E-state index >= 15 is 0 Å². The number of benzene rings is 2. The third-order valence-electron chi connectivity index (χ3n) is 2.34. The van der Waals surface area contributed by atoms with Crippen LogP contribution in [0.1, 0.15) is 6.92 Å². The number of allylic oxidation sites excluding steroid dienone is 1. The van der Waals surface area contributed by atoms with Gasteiger partial charge >= 0.3 is 11.4 Å². The summed E-state index contributed by atoms with van der Waals surface area (Å²) in [6.07, 6.45) is 1.75. The Bertz CT molecular complexity index is 630. The van der Waals surface area contributed by atoms with Crippen molar-refractivity contribution in [1.82, 2.24) is 0 Å². The van der Waals surface area contributed by atoms with Crippen molar-refractivity contribution in [2.75, 3.05) is 0 Å². The van der Waals surface area contributed by atoms with Crippen molar-refractivity contribution in [2.24, 2.45) is 0 Å². The van der Waals surface area contributed by atoms with Crippen molar-refractivity contribution in [3.05, 3.63) is 81.4 Å². The molecule has 22 heavy (non-hydrogen) atoms. The van der Waals surface area contributed by atoms with Crippen molar-refractivity contribution in [3.8, 4) is 11.5 Å². The minimum atomic E-state index is -0.607. The van der Waals surface area contributed by atoms with Crippen LogP contribution in [0, 0.1) is 20.2 Å². The Hall–Kier alpha value is -3.22. The zero-order chi connectivity index (χ0) is 16.5. The summed E-state index contributed by atoms with van der Waals surface area (Å²) in [5, 5.41) is 21.6. The summed E-state index contributed by atoms with van der Waals surface area (Å²) in [5.41, 5.74) is -0.499. The third-order valence-corrected chi connectivity index (χ3v) is 2.34. The summed E-state index contributed by atoms with van der Waals surface area (Å²) < 4.78 is 5.28. The van der Waals surface area contributed by atoms with E-state index in [1.54, 1.807) is 18.2 Å². The fourth-order valence-corrected chi connectivity index (χ4v) is 1.51. The van der Waals surface area contributed by atoms with E-state index in [-0.39, 0.29) is 22.9 Å². The number of ether oxygens (including phenoxy) is 1. The van der Waals surface area contributed by atoms with Crippen LogP contribution in [0.4, 0.5) is 11.4 Å². The van der Waals surface area contributed by atoms with Gasteiger partial charge in [-0.15, -0.1) is 6.58 Å². The predicted molar refractivity (Wildman–Crippen MR) is 82.1 cm³/mol. The van der Waals surface area contributed by atoms with Gasteiger partial charge in [-0.1, -0.05) is 30.3 Å². The summed E-state index contributed by atoms with van der Waals surface area (Å²) in [4.78, 5) is 20.4. The molecule has 0 N–H and O–H groups in total. The Morgan fingerprint density at radius 1 is 0.909 bits per heavy atom. The topological polar surface area (TPSA) is 95.5 Å². The summed E-state index contributed by atoms with van der Waals surface area (Å²) in [7, 11) is 0. The first kappa shape index (κ1) is 16.8. The van der Waals surface area contributed by atoms with Gasteiger partial charge in [0.05, 0.1) is 9.85 Å². The van der Waals surface area contributed by atoms with Gasteiger partial charge in [0.1, 0.15) is 0 Å². The lowest BCUT2D eigenvalue weighted by molar-refractivity contribution is -0.387. The summed E-state index contributed by atoms with van der Waals surface area (Å²) >= 11 is 0. The maximum absolute atomic E-state index is 10.8. The van der Waals surface area contributed by atoms with Gasteiger partial charge in [0, 0.05) is 12.1 Å². The highest BCUT2D eigenvalue weighted by Gasteiger charge is 2.19. The highest BCUT2D eigenvalue weighted by Crippen LogP contribution is 2.35. The zero-order valence-corrected chi connectivity index (χ0v) is 11.8. The summed E-state index contributed by atoms with van der Waals surface area (Å²) in [5.74, 6) is -0.0800. The first-order chi connectivity index (χ1) is 10.5. The molecule has 7 nitrogen and oxygen atoms in total. The van der Waals surface area contributed by atoms with Crippen molar-refractivity contribution >= 4 is 11.4 Å². The highest BCUT2D eigenvalue weighted by atomic mass is 16.6. The standard InChI is InChI=1S/C12H8N2O5.C3H6/c15-13(16)9-5-1-3-7-11(9)19-12-8-4-2-6-10(12)14(17)18;1-3-2/h1-8H;3H,1H2,2H3. The molecule has 0 aromatic heterocycles. The Labute approximate surface area is 126 Å². The second-order valence-corrected chi connectivity index (χ2v) is 3.96. The van der Waals surface area contributed by atoms with Gasteiger partial charge in [0.2, 0.25) is 11.5 Å². The molecule has 0 unspecified atom stereocenters. The second-order valence-electron chi connectivity index (χ2n) is 3.96. The predicted octanol–water partition coefficient (Wildman–Crippen LogP) is 4.49. The van der Waals surface area contributed by atoms with Crippen LogP contribution < -0.4 is 4.74 Å². The molecule has 2 rings (SSSR count). The summed E-state index contributed by atoms with van der Waals surface area (Å²) in [6, 6.07) is 11.4. The zero-order valence-electron chi connectivity index (χ0n) is 11.8. The van der Waals surface area contributed by atoms with Crippen molar-refractivity contribution in [1.29, 1.82) is 0 Å². The van der Waals surface area contributed by atoms with Crippen LogP contribution in [0.3, 0.4) is 0 Å². The number of para-hydroxylation sites is 4. The molecule has 2 aromatic rings. The van der Waals surface area contributed by atoms with Gasteiger partial charge in [-0.3, -0.25) is 20.2 Å².